The van der Waals surface area contributed by atoms with Crippen molar-refractivity contribution in [1.29, 1.82) is 0 Å². The molecular formula is C27H45N. The van der Waals surface area contributed by atoms with E-state index in [1.165, 1.54) is 76.2 Å². The summed E-state index contributed by atoms with van der Waals surface area (Å²) in [5.41, 5.74) is 9.43. The molecule has 2 fully saturated rings. The van der Waals surface area contributed by atoms with Crippen LogP contribution in [0.25, 0.3) is 0 Å². The van der Waals surface area contributed by atoms with Gasteiger partial charge in [0.1, 0.15) is 0 Å². The molecule has 0 aromatic heterocycles. The molecule has 1 aromatic carbocycles. The molecule has 1 aromatic rings. The largest absolute Gasteiger partial charge is 0.327 e. The van der Waals surface area contributed by atoms with Crippen LogP contribution in [0.5, 0.6) is 0 Å². The van der Waals surface area contributed by atoms with Gasteiger partial charge in [0.15, 0.2) is 0 Å². The average molecular weight is 384 g/mol. The van der Waals surface area contributed by atoms with Gasteiger partial charge in [-0.15, -0.1) is 0 Å². The first-order valence-corrected chi connectivity index (χ1v) is 12.4. The van der Waals surface area contributed by atoms with Crippen LogP contribution in [0.2, 0.25) is 0 Å². The minimum absolute atomic E-state index is 0.449. The highest BCUT2D eigenvalue weighted by Crippen LogP contribution is 2.44. The molecule has 2 unspecified atom stereocenters. The molecule has 2 N–H and O–H groups in total. The van der Waals surface area contributed by atoms with Gasteiger partial charge in [0.25, 0.3) is 0 Å². The Morgan fingerprint density at radius 3 is 1.96 bits per heavy atom. The van der Waals surface area contributed by atoms with E-state index in [1.54, 1.807) is 5.56 Å². The predicted octanol–water partition coefficient (Wildman–Crippen LogP) is 7.48. The van der Waals surface area contributed by atoms with Gasteiger partial charge in [-0.25, -0.2) is 0 Å². The van der Waals surface area contributed by atoms with E-state index in [0.29, 0.717) is 6.04 Å². The Morgan fingerprint density at radius 1 is 0.857 bits per heavy atom. The molecule has 0 heterocycles. The topological polar surface area (TPSA) is 26.0 Å². The molecule has 0 saturated heterocycles. The monoisotopic (exact) mass is 383 g/mol. The van der Waals surface area contributed by atoms with E-state index in [1.807, 2.05) is 0 Å². The van der Waals surface area contributed by atoms with E-state index in [-0.39, 0.29) is 0 Å². The van der Waals surface area contributed by atoms with Gasteiger partial charge in [-0.3, -0.25) is 0 Å². The van der Waals surface area contributed by atoms with Crippen molar-refractivity contribution < 1.29 is 0 Å². The summed E-state index contributed by atoms with van der Waals surface area (Å²) in [4.78, 5) is 0. The molecule has 2 saturated carbocycles. The van der Waals surface area contributed by atoms with E-state index < -0.39 is 0 Å². The molecule has 1 nitrogen and oxygen atoms in total. The Morgan fingerprint density at radius 2 is 1.43 bits per heavy atom. The fourth-order valence-electron chi connectivity index (χ4n) is 6.22. The molecule has 1 heteroatoms. The van der Waals surface area contributed by atoms with Gasteiger partial charge in [0, 0.05) is 6.04 Å². The molecule has 0 spiro atoms. The van der Waals surface area contributed by atoms with E-state index in [4.69, 9.17) is 5.73 Å². The zero-order chi connectivity index (χ0) is 19.9. The minimum Gasteiger partial charge on any atom is -0.327 e. The fraction of sp³-hybridized carbons (Fsp3) is 0.778. The van der Waals surface area contributed by atoms with E-state index in [9.17, 15) is 0 Å². The Balaban J connectivity index is 1.44. The van der Waals surface area contributed by atoms with Gasteiger partial charge in [0.2, 0.25) is 0 Å². The third-order valence-corrected chi connectivity index (χ3v) is 8.15. The molecule has 0 aliphatic heterocycles. The quantitative estimate of drug-likeness (QED) is 0.494. The van der Waals surface area contributed by atoms with Crippen molar-refractivity contribution in [2.24, 2.45) is 29.4 Å². The maximum Gasteiger partial charge on any atom is 0.00645 e. The molecule has 0 bridgehead atoms. The molecule has 3 rings (SSSR count). The van der Waals surface area contributed by atoms with Gasteiger partial charge in [-0.2, -0.15) is 0 Å². The van der Waals surface area contributed by atoms with Crippen LogP contribution in [0.1, 0.15) is 108 Å². The molecule has 0 amide bonds. The van der Waals surface area contributed by atoms with Gasteiger partial charge in [-0.1, -0.05) is 57.9 Å². The number of rotatable bonds is 8. The fourth-order valence-corrected chi connectivity index (χ4v) is 6.22. The van der Waals surface area contributed by atoms with Crippen LogP contribution in [-0.2, 0) is 6.42 Å². The van der Waals surface area contributed by atoms with Crippen molar-refractivity contribution in [3.8, 4) is 0 Å². The summed E-state index contributed by atoms with van der Waals surface area (Å²) in [5.74, 6) is 4.40. The Labute approximate surface area is 174 Å². The predicted molar refractivity (Wildman–Crippen MR) is 123 cm³/mol. The maximum atomic E-state index is 6.31. The van der Waals surface area contributed by atoms with E-state index >= 15 is 0 Å². The van der Waals surface area contributed by atoms with Gasteiger partial charge < -0.3 is 5.73 Å². The van der Waals surface area contributed by atoms with Crippen molar-refractivity contribution >= 4 is 0 Å². The highest BCUT2D eigenvalue weighted by molar-refractivity contribution is 5.26. The minimum atomic E-state index is 0.449. The summed E-state index contributed by atoms with van der Waals surface area (Å²) in [6.45, 7) is 6.93. The lowest BCUT2D eigenvalue weighted by molar-refractivity contribution is 0.149. The average Bonchev–Trinajstić information content (AvgIpc) is 2.74. The van der Waals surface area contributed by atoms with E-state index in [2.05, 4.69) is 45.0 Å². The number of hydrogen-bond acceptors (Lipinski definition) is 1. The van der Waals surface area contributed by atoms with Crippen LogP contribution < -0.4 is 5.73 Å². The molecule has 158 valence electrons. The lowest BCUT2D eigenvalue weighted by atomic mass is 9.67. The van der Waals surface area contributed by atoms with Crippen LogP contribution in [0.4, 0.5) is 0 Å². The van der Waals surface area contributed by atoms with Crippen molar-refractivity contribution in [3.63, 3.8) is 0 Å². The Hall–Kier alpha value is -0.820. The normalized spacial score (nSPS) is 30.7. The summed E-state index contributed by atoms with van der Waals surface area (Å²) in [5, 5.41) is 0. The summed E-state index contributed by atoms with van der Waals surface area (Å²) in [6.07, 6.45) is 16.4. The Bertz CT molecular complexity index is 546. The van der Waals surface area contributed by atoms with Gasteiger partial charge >= 0.3 is 0 Å². The second-order valence-corrected chi connectivity index (χ2v) is 10.2. The van der Waals surface area contributed by atoms with Crippen LogP contribution >= 0.6 is 0 Å². The van der Waals surface area contributed by atoms with E-state index in [0.717, 1.165) is 36.0 Å². The standard InChI is InChI=1S/C27H45N/c1-4-6-20(3)19-21-7-9-22(10-8-21)23-11-13-24(14-12-23)25-15-17-26(18-16-25)27(28)5-2/h7-10,20,23-27H,4-6,11-19,28H2,1-3H3. The van der Waals surface area contributed by atoms with Crippen LogP contribution in [0.15, 0.2) is 24.3 Å². The SMILES string of the molecule is CCCC(C)Cc1ccc(C2CCC(C3CCC(C(N)CC)CC3)CC2)cc1. The summed E-state index contributed by atoms with van der Waals surface area (Å²) < 4.78 is 0. The first-order chi connectivity index (χ1) is 13.6. The molecule has 2 atom stereocenters. The highest BCUT2D eigenvalue weighted by atomic mass is 14.6. The van der Waals surface area contributed by atoms with Gasteiger partial charge in [-0.05, 0) is 105 Å². The second kappa shape index (κ2) is 10.8. The van der Waals surface area contributed by atoms with Gasteiger partial charge in [0.05, 0.1) is 0 Å². The maximum absolute atomic E-state index is 6.31. The smallest absolute Gasteiger partial charge is 0.00645 e. The lowest BCUT2D eigenvalue weighted by Crippen LogP contribution is -2.34. The summed E-state index contributed by atoms with van der Waals surface area (Å²) in [7, 11) is 0. The number of nitrogens with two attached hydrogens (primary N) is 1. The van der Waals surface area contributed by atoms with Crippen molar-refractivity contribution in [3.05, 3.63) is 35.4 Å². The zero-order valence-electron chi connectivity index (χ0n) is 18.8. The highest BCUT2D eigenvalue weighted by Gasteiger charge is 2.32. The third-order valence-electron chi connectivity index (χ3n) is 8.15. The third kappa shape index (κ3) is 5.85. The van der Waals surface area contributed by atoms with Crippen molar-refractivity contribution in [1.82, 2.24) is 0 Å². The van der Waals surface area contributed by atoms with Crippen LogP contribution in [-0.4, -0.2) is 6.04 Å². The first kappa shape index (κ1) is 21.9. The molecule has 0 radical (unpaired) electrons. The zero-order valence-corrected chi connectivity index (χ0v) is 18.8. The Kier molecular flexibility index (Phi) is 8.45. The van der Waals surface area contributed by atoms with Crippen molar-refractivity contribution in [2.75, 3.05) is 0 Å². The second-order valence-electron chi connectivity index (χ2n) is 10.2. The van der Waals surface area contributed by atoms with Crippen LogP contribution in [0, 0.1) is 23.7 Å². The summed E-state index contributed by atoms with van der Waals surface area (Å²) >= 11 is 0. The molecule has 2 aliphatic carbocycles. The van der Waals surface area contributed by atoms with Crippen LogP contribution in [0.3, 0.4) is 0 Å². The molecule has 2 aliphatic rings. The molecule has 28 heavy (non-hydrogen) atoms. The number of benzene rings is 1. The summed E-state index contributed by atoms with van der Waals surface area (Å²) in [6, 6.07) is 10.1. The lowest BCUT2D eigenvalue weighted by Gasteiger charge is -2.39. The number of hydrogen-bond donors (Lipinski definition) is 1. The molecular weight excluding hydrogens is 338 g/mol. The van der Waals surface area contributed by atoms with Crippen molar-refractivity contribution in [2.45, 2.75) is 110 Å². The first-order valence-electron chi connectivity index (χ1n) is 12.4.